The molecule has 1 aromatic rings. The Hall–Kier alpha value is -1.66. The van der Waals surface area contributed by atoms with Gasteiger partial charge in [-0.3, -0.25) is 0 Å². The van der Waals surface area contributed by atoms with Crippen LogP contribution in [0.2, 0.25) is 0 Å². The van der Waals surface area contributed by atoms with Crippen LogP contribution in [0.5, 0.6) is 0 Å². The highest BCUT2D eigenvalue weighted by Crippen LogP contribution is 2.21. The van der Waals surface area contributed by atoms with E-state index in [1.54, 1.807) is 13.8 Å². The molecular weight excluding hydrogens is 278 g/mol. The molecule has 2 N–H and O–H groups in total. The van der Waals surface area contributed by atoms with Gasteiger partial charge in [0.15, 0.2) is 0 Å². The summed E-state index contributed by atoms with van der Waals surface area (Å²) in [6.45, 7) is 5.50. The Balaban J connectivity index is 3.13. The number of hydrogen-bond donors (Lipinski definition) is 2. The molecule has 0 amide bonds. The molecule has 0 aliphatic rings. The molecule has 0 spiro atoms. The summed E-state index contributed by atoms with van der Waals surface area (Å²) < 4.78 is 26.9. The first-order valence-electron chi connectivity index (χ1n) is 6.25. The zero-order chi connectivity index (χ0) is 15.3. The summed E-state index contributed by atoms with van der Waals surface area (Å²) in [5.41, 5.74) is 1.18. The standard InChI is InChI=1S/C14H19NO4S/c1-4-5-6-7-15-20(18,19)13-9-12(14(16)17)8-10(2)11(13)3/h4-5,8-9,15H,6-7H2,1-3H3,(H,16,17)/b5-4+. The van der Waals surface area contributed by atoms with Crippen molar-refractivity contribution in [2.24, 2.45) is 0 Å². The second-order valence-corrected chi connectivity index (χ2v) is 6.21. The lowest BCUT2D eigenvalue weighted by molar-refractivity contribution is 0.0696. The van der Waals surface area contributed by atoms with Crippen LogP contribution >= 0.6 is 0 Å². The van der Waals surface area contributed by atoms with Crippen LogP contribution in [0.25, 0.3) is 0 Å². The topological polar surface area (TPSA) is 83.5 Å². The summed E-state index contributed by atoms with van der Waals surface area (Å²) in [5, 5.41) is 9.01. The van der Waals surface area contributed by atoms with Crippen LogP contribution in [0.4, 0.5) is 0 Å². The van der Waals surface area contributed by atoms with Crippen molar-refractivity contribution in [2.45, 2.75) is 32.1 Å². The lowest BCUT2D eigenvalue weighted by Crippen LogP contribution is -2.25. The maximum atomic E-state index is 12.2. The molecule has 1 aromatic carbocycles. The maximum absolute atomic E-state index is 12.2. The van der Waals surface area contributed by atoms with Gasteiger partial charge in [0.2, 0.25) is 10.0 Å². The molecule has 0 heterocycles. The van der Waals surface area contributed by atoms with E-state index in [1.165, 1.54) is 12.1 Å². The van der Waals surface area contributed by atoms with E-state index >= 15 is 0 Å². The highest BCUT2D eigenvalue weighted by atomic mass is 32.2. The molecule has 0 saturated carbocycles. The first-order valence-corrected chi connectivity index (χ1v) is 7.73. The lowest BCUT2D eigenvalue weighted by Gasteiger charge is -2.12. The number of nitrogens with one attached hydrogen (secondary N) is 1. The lowest BCUT2D eigenvalue weighted by atomic mass is 10.1. The fourth-order valence-corrected chi connectivity index (χ4v) is 3.14. The molecule has 0 unspecified atom stereocenters. The van der Waals surface area contributed by atoms with Crippen molar-refractivity contribution in [3.63, 3.8) is 0 Å². The monoisotopic (exact) mass is 297 g/mol. The number of carboxylic acid groups (broad SMARTS) is 1. The number of allylic oxidation sites excluding steroid dienone is 1. The van der Waals surface area contributed by atoms with Gasteiger partial charge in [0.1, 0.15) is 0 Å². The van der Waals surface area contributed by atoms with E-state index < -0.39 is 16.0 Å². The normalized spacial score (nSPS) is 11.9. The molecule has 0 atom stereocenters. The van der Waals surface area contributed by atoms with Gasteiger partial charge in [0, 0.05) is 6.54 Å². The number of sulfonamides is 1. The fraction of sp³-hybridized carbons (Fsp3) is 0.357. The van der Waals surface area contributed by atoms with Gasteiger partial charge in [-0.05, 0) is 50.5 Å². The van der Waals surface area contributed by atoms with Crippen LogP contribution in [-0.4, -0.2) is 26.0 Å². The van der Waals surface area contributed by atoms with E-state index in [1.807, 2.05) is 19.1 Å². The minimum absolute atomic E-state index is 0.0235. The summed E-state index contributed by atoms with van der Waals surface area (Å²) in [6.07, 6.45) is 4.29. The number of carboxylic acids is 1. The van der Waals surface area contributed by atoms with Crippen LogP contribution in [0.3, 0.4) is 0 Å². The number of hydrogen-bond acceptors (Lipinski definition) is 3. The van der Waals surface area contributed by atoms with Gasteiger partial charge in [0.25, 0.3) is 0 Å². The Labute approximate surface area is 119 Å². The molecule has 110 valence electrons. The van der Waals surface area contributed by atoms with Crippen LogP contribution in [0, 0.1) is 13.8 Å². The molecule has 5 nitrogen and oxygen atoms in total. The molecule has 6 heteroatoms. The van der Waals surface area contributed by atoms with Gasteiger partial charge < -0.3 is 5.11 Å². The van der Waals surface area contributed by atoms with E-state index in [2.05, 4.69) is 4.72 Å². The summed E-state index contributed by atoms with van der Waals surface area (Å²) in [7, 11) is -3.70. The average Bonchev–Trinajstić information content (AvgIpc) is 2.37. The Morgan fingerprint density at radius 1 is 1.35 bits per heavy atom. The number of aromatic carboxylic acids is 1. The van der Waals surface area contributed by atoms with Crippen molar-refractivity contribution in [3.05, 3.63) is 41.0 Å². The highest BCUT2D eigenvalue weighted by Gasteiger charge is 2.20. The smallest absolute Gasteiger partial charge is 0.335 e. The van der Waals surface area contributed by atoms with Crippen molar-refractivity contribution in [1.29, 1.82) is 0 Å². The molecule has 0 bridgehead atoms. The molecule has 0 aromatic heterocycles. The largest absolute Gasteiger partial charge is 0.478 e. The van der Waals surface area contributed by atoms with Crippen LogP contribution in [0.15, 0.2) is 29.2 Å². The highest BCUT2D eigenvalue weighted by molar-refractivity contribution is 7.89. The summed E-state index contributed by atoms with van der Waals surface area (Å²) >= 11 is 0. The molecule has 0 saturated heterocycles. The van der Waals surface area contributed by atoms with Gasteiger partial charge in [-0.1, -0.05) is 12.2 Å². The van der Waals surface area contributed by atoms with E-state index in [-0.39, 0.29) is 17.0 Å². The predicted octanol–water partition coefficient (Wildman–Crippen LogP) is 2.25. The minimum atomic E-state index is -3.70. The van der Waals surface area contributed by atoms with E-state index in [9.17, 15) is 13.2 Å². The third-order valence-corrected chi connectivity index (χ3v) is 4.58. The number of rotatable bonds is 6. The molecule has 1 rings (SSSR count). The molecule has 20 heavy (non-hydrogen) atoms. The van der Waals surface area contributed by atoms with Crippen LogP contribution in [0.1, 0.15) is 34.8 Å². The first-order chi connectivity index (χ1) is 9.29. The van der Waals surface area contributed by atoms with Crippen molar-refractivity contribution in [1.82, 2.24) is 4.72 Å². The van der Waals surface area contributed by atoms with E-state index in [0.29, 0.717) is 17.5 Å². The third kappa shape index (κ3) is 3.91. The van der Waals surface area contributed by atoms with E-state index in [0.717, 1.165) is 0 Å². The Bertz CT molecular complexity index is 633. The third-order valence-electron chi connectivity index (χ3n) is 2.99. The molecule has 0 aliphatic heterocycles. The van der Waals surface area contributed by atoms with Crippen molar-refractivity contribution < 1.29 is 18.3 Å². The molecule has 0 aliphatic carbocycles. The van der Waals surface area contributed by atoms with Crippen molar-refractivity contribution >= 4 is 16.0 Å². The van der Waals surface area contributed by atoms with Gasteiger partial charge in [-0.15, -0.1) is 0 Å². The fourth-order valence-electron chi connectivity index (χ4n) is 1.75. The number of aryl methyl sites for hydroxylation is 1. The zero-order valence-electron chi connectivity index (χ0n) is 11.8. The maximum Gasteiger partial charge on any atom is 0.335 e. The van der Waals surface area contributed by atoms with Gasteiger partial charge in [-0.2, -0.15) is 0 Å². The number of benzene rings is 1. The van der Waals surface area contributed by atoms with Gasteiger partial charge in [-0.25, -0.2) is 17.9 Å². The minimum Gasteiger partial charge on any atom is -0.478 e. The summed E-state index contributed by atoms with van der Waals surface area (Å²) in [6, 6.07) is 2.67. The van der Waals surface area contributed by atoms with E-state index in [4.69, 9.17) is 5.11 Å². The second kappa shape index (κ2) is 6.67. The second-order valence-electron chi connectivity index (χ2n) is 4.48. The summed E-state index contributed by atoms with van der Waals surface area (Å²) in [5.74, 6) is -1.14. The van der Waals surface area contributed by atoms with Crippen molar-refractivity contribution in [2.75, 3.05) is 6.54 Å². The van der Waals surface area contributed by atoms with Crippen LogP contribution < -0.4 is 4.72 Å². The Morgan fingerprint density at radius 2 is 2.00 bits per heavy atom. The van der Waals surface area contributed by atoms with Crippen molar-refractivity contribution in [3.8, 4) is 0 Å². The van der Waals surface area contributed by atoms with Crippen LogP contribution in [-0.2, 0) is 10.0 Å². The summed E-state index contributed by atoms with van der Waals surface area (Å²) in [4.78, 5) is 11.0. The van der Waals surface area contributed by atoms with Gasteiger partial charge in [0.05, 0.1) is 10.5 Å². The SMILES string of the molecule is C/C=C/CCNS(=O)(=O)c1cc(C(=O)O)cc(C)c1C. The molecule has 0 radical (unpaired) electrons. The molecule has 0 fully saturated rings. The van der Waals surface area contributed by atoms with Gasteiger partial charge >= 0.3 is 5.97 Å². The predicted molar refractivity (Wildman–Crippen MR) is 77.5 cm³/mol. The first kappa shape index (κ1) is 16.4. The molecular formula is C14H19NO4S. The number of carbonyl (C=O) groups is 1. The average molecular weight is 297 g/mol. The quantitative estimate of drug-likeness (QED) is 0.623. The Kier molecular flexibility index (Phi) is 5.47. The Morgan fingerprint density at radius 3 is 2.55 bits per heavy atom. The zero-order valence-corrected chi connectivity index (χ0v) is 12.6.